The number of hydrogen-bond acceptors (Lipinski definition) is 6. The van der Waals surface area contributed by atoms with E-state index in [0.29, 0.717) is 19.1 Å². The molecule has 0 radical (unpaired) electrons. The van der Waals surface area contributed by atoms with Crippen LogP contribution in [-0.2, 0) is 0 Å². The number of anilines is 1. The first kappa shape index (κ1) is 15.0. The Hall–Kier alpha value is -2.37. The van der Waals surface area contributed by atoms with Crippen molar-refractivity contribution in [3.8, 4) is 12.0 Å². The average Bonchev–Trinajstić information content (AvgIpc) is 2.48. The lowest BCUT2D eigenvalue weighted by Crippen LogP contribution is -2.11. The van der Waals surface area contributed by atoms with Crippen LogP contribution in [0.25, 0.3) is 0 Å². The lowest BCUT2D eigenvalue weighted by molar-refractivity contribution is 0.201. The van der Waals surface area contributed by atoms with Gasteiger partial charge in [-0.3, -0.25) is 0 Å². The molecule has 0 saturated heterocycles. The molecule has 0 aliphatic rings. The maximum atomic E-state index is 5.79. The van der Waals surface area contributed by atoms with Crippen molar-refractivity contribution in [1.29, 1.82) is 0 Å². The fourth-order valence-corrected chi connectivity index (χ4v) is 1.77. The molecule has 0 aliphatic carbocycles. The topological polar surface area (TPSA) is 69.2 Å². The normalized spacial score (nSPS) is 11.8. The van der Waals surface area contributed by atoms with E-state index < -0.39 is 0 Å². The van der Waals surface area contributed by atoms with E-state index in [-0.39, 0.29) is 18.1 Å². The van der Waals surface area contributed by atoms with Gasteiger partial charge in [-0.1, -0.05) is 30.3 Å². The van der Waals surface area contributed by atoms with Gasteiger partial charge in [-0.15, -0.1) is 4.98 Å². The van der Waals surface area contributed by atoms with Gasteiger partial charge in [-0.2, -0.15) is 9.97 Å². The van der Waals surface area contributed by atoms with Crippen LogP contribution in [0.3, 0.4) is 0 Å². The average molecular weight is 288 g/mol. The van der Waals surface area contributed by atoms with Gasteiger partial charge in [0.05, 0.1) is 6.61 Å². The predicted octanol–water partition coefficient (Wildman–Crippen LogP) is 2.84. The zero-order valence-corrected chi connectivity index (χ0v) is 12.5. The minimum Gasteiger partial charge on any atom is -0.464 e. The minimum atomic E-state index is -0.155. The Morgan fingerprint density at radius 2 is 1.76 bits per heavy atom. The fourth-order valence-electron chi connectivity index (χ4n) is 1.77. The summed E-state index contributed by atoms with van der Waals surface area (Å²) in [7, 11) is 0. The molecule has 0 aliphatic heterocycles. The monoisotopic (exact) mass is 288 g/mol. The van der Waals surface area contributed by atoms with Gasteiger partial charge >= 0.3 is 12.0 Å². The van der Waals surface area contributed by atoms with E-state index in [2.05, 4.69) is 20.3 Å². The number of benzene rings is 1. The minimum absolute atomic E-state index is 0.155. The van der Waals surface area contributed by atoms with Crippen LogP contribution in [0, 0.1) is 0 Å². The summed E-state index contributed by atoms with van der Waals surface area (Å²) in [6.45, 7) is 7.00. The Balaban J connectivity index is 2.18. The molecule has 1 heterocycles. The number of nitrogens with one attached hydrogen (secondary N) is 1. The summed E-state index contributed by atoms with van der Waals surface area (Å²) in [5, 5.41) is 3.04. The summed E-state index contributed by atoms with van der Waals surface area (Å²) in [6, 6.07) is 10.4. The zero-order chi connectivity index (χ0) is 15.1. The lowest BCUT2D eigenvalue weighted by Gasteiger charge is -2.14. The van der Waals surface area contributed by atoms with Gasteiger partial charge in [-0.05, 0) is 26.3 Å². The van der Waals surface area contributed by atoms with Gasteiger partial charge in [0.15, 0.2) is 0 Å². The number of hydrogen-bond donors (Lipinski definition) is 1. The predicted molar refractivity (Wildman–Crippen MR) is 80.6 cm³/mol. The van der Waals surface area contributed by atoms with E-state index in [4.69, 9.17) is 9.47 Å². The summed E-state index contributed by atoms with van der Waals surface area (Å²) >= 11 is 0. The summed E-state index contributed by atoms with van der Waals surface area (Å²) in [6.07, 6.45) is -0.155. The number of rotatable bonds is 7. The third-order valence-corrected chi connectivity index (χ3v) is 2.75. The van der Waals surface area contributed by atoms with Crippen LogP contribution >= 0.6 is 0 Å². The Bertz CT molecular complexity index is 539. The molecule has 1 unspecified atom stereocenters. The van der Waals surface area contributed by atoms with Crippen LogP contribution < -0.4 is 14.8 Å². The van der Waals surface area contributed by atoms with E-state index in [0.717, 1.165) is 5.56 Å². The smallest absolute Gasteiger partial charge is 0.325 e. The van der Waals surface area contributed by atoms with Gasteiger partial charge in [-0.25, -0.2) is 0 Å². The second-order valence-electron chi connectivity index (χ2n) is 4.36. The van der Waals surface area contributed by atoms with Crippen LogP contribution in [0.5, 0.6) is 12.0 Å². The molecule has 21 heavy (non-hydrogen) atoms. The van der Waals surface area contributed by atoms with Crippen molar-refractivity contribution in [2.45, 2.75) is 26.9 Å². The Morgan fingerprint density at radius 3 is 2.43 bits per heavy atom. The van der Waals surface area contributed by atoms with Crippen LogP contribution in [0.2, 0.25) is 0 Å². The summed E-state index contributed by atoms with van der Waals surface area (Å²) in [5.41, 5.74) is 1.06. The number of aromatic nitrogens is 3. The van der Waals surface area contributed by atoms with Gasteiger partial charge in [0, 0.05) is 6.54 Å². The van der Waals surface area contributed by atoms with Crippen molar-refractivity contribution in [2.24, 2.45) is 0 Å². The Morgan fingerprint density at radius 1 is 1.05 bits per heavy atom. The first-order valence-electron chi connectivity index (χ1n) is 7.07. The van der Waals surface area contributed by atoms with Crippen molar-refractivity contribution in [1.82, 2.24) is 15.0 Å². The molecule has 6 heteroatoms. The van der Waals surface area contributed by atoms with Crippen molar-refractivity contribution >= 4 is 5.95 Å². The molecule has 1 atom stereocenters. The van der Waals surface area contributed by atoms with Crippen LogP contribution in [0.1, 0.15) is 32.4 Å². The number of ether oxygens (including phenoxy) is 2. The maximum Gasteiger partial charge on any atom is 0.325 e. The molecular weight excluding hydrogens is 268 g/mol. The highest BCUT2D eigenvalue weighted by molar-refractivity contribution is 5.27. The van der Waals surface area contributed by atoms with E-state index >= 15 is 0 Å². The molecule has 0 fully saturated rings. The fraction of sp³-hybridized carbons (Fsp3) is 0.400. The third-order valence-electron chi connectivity index (χ3n) is 2.75. The van der Waals surface area contributed by atoms with Crippen molar-refractivity contribution in [2.75, 3.05) is 18.5 Å². The molecule has 0 amide bonds. The zero-order valence-electron chi connectivity index (χ0n) is 12.5. The van der Waals surface area contributed by atoms with Gasteiger partial charge in [0.2, 0.25) is 5.95 Å². The second-order valence-corrected chi connectivity index (χ2v) is 4.36. The summed E-state index contributed by atoms with van der Waals surface area (Å²) < 4.78 is 11.1. The second kappa shape index (κ2) is 7.42. The first-order valence-corrected chi connectivity index (χ1v) is 7.07. The van der Waals surface area contributed by atoms with Gasteiger partial charge in [0.25, 0.3) is 0 Å². The Kier molecular flexibility index (Phi) is 5.31. The third kappa shape index (κ3) is 4.30. The van der Waals surface area contributed by atoms with E-state index in [1.165, 1.54) is 0 Å². The molecule has 0 spiro atoms. The highest BCUT2D eigenvalue weighted by atomic mass is 16.5. The van der Waals surface area contributed by atoms with E-state index in [1.54, 1.807) is 0 Å². The van der Waals surface area contributed by atoms with Crippen LogP contribution in [-0.4, -0.2) is 28.1 Å². The highest BCUT2D eigenvalue weighted by Gasteiger charge is 2.12. The van der Waals surface area contributed by atoms with Crippen LogP contribution in [0.4, 0.5) is 5.95 Å². The van der Waals surface area contributed by atoms with Gasteiger partial charge < -0.3 is 14.8 Å². The molecule has 1 aromatic carbocycles. The molecule has 1 N–H and O–H groups in total. The van der Waals surface area contributed by atoms with Crippen molar-refractivity contribution < 1.29 is 9.47 Å². The summed E-state index contributed by atoms with van der Waals surface area (Å²) in [4.78, 5) is 12.6. The Labute approximate surface area is 124 Å². The largest absolute Gasteiger partial charge is 0.464 e. The molecule has 1 aromatic heterocycles. The van der Waals surface area contributed by atoms with E-state index in [1.807, 2.05) is 51.1 Å². The van der Waals surface area contributed by atoms with E-state index in [9.17, 15) is 0 Å². The van der Waals surface area contributed by atoms with Crippen molar-refractivity contribution in [3.05, 3.63) is 35.9 Å². The summed E-state index contributed by atoms with van der Waals surface area (Å²) in [5.74, 6) is 0.450. The SMILES string of the molecule is CCNc1nc(OCC)nc(OC(C)c2ccccc2)n1. The van der Waals surface area contributed by atoms with Gasteiger partial charge in [0.1, 0.15) is 6.10 Å². The van der Waals surface area contributed by atoms with Crippen LogP contribution in [0.15, 0.2) is 30.3 Å². The quantitative estimate of drug-likeness (QED) is 0.845. The molecular formula is C15H20N4O2. The molecule has 2 aromatic rings. The standard InChI is InChI=1S/C15H20N4O2/c1-4-16-13-17-14(20-5-2)19-15(18-13)21-11(3)12-9-7-6-8-10-12/h6-11H,4-5H2,1-3H3,(H,16,17,18,19). The molecule has 0 saturated carbocycles. The first-order chi connectivity index (χ1) is 10.2. The molecule has 112 valence electrons. The molecule has 0 bridgehead atoms. The molecule has 2 rings (SSSR count). The molecule has 6 nitrogen and oxygen atoms in total. The lowest BCUT2D eigenvalue weighted by atomic mass is 10.1. The maximum absolute atomic E-state index is 5.79. The highest BCUT2D eigenvalue weighted by Crippen LogP contribution is 2.20. The number of nitrogens with zero attached hydrogens (tertiary/aromatic N) is 3. The van der Waals surface area contributed by atoms with Crippen molar-refractivity contribution in [3.63, 3.8) is 0 Å².